The van der Waals surface area contributed by atoms with Gasteiger partial charge >= 0.3 is 0 Å². The molecule has 2 N–H and O–H groups in total. The molecule has 0 aromatic heterocycles. The second kappa shape index (κ2) is 4.19. The number of halogens is 2. The zero-order chi connectivity index (χ0) is 12.8. The Labute approximate surface area is 106 Å². The van der Waals surface area contributed by atoms with Crippen LogP contribution in [0.2, 0.25) is 0 Å². The van der Waals surface area contributed by atoms with Crippen molar-refractivity contribution in [3.05, 3.63) is 29.8 Å². The highest BCUT2D eigenvalue weighted by Gasteiger charge is 2.60. The van der Waals surface area contributed by atoms with Crippen molar-refractivity contribution in [2.75, 3.05) is 24.5 Å². The molecule has 2 aliphatic rings. The SMILES string of the molecule is NCCN1CC[C@H]([C@H]2CC2(F)F)c2ccccc21. The Hall–Kier alpha value is -1.16. The third-order valence-electron chi connectivity index (χ3n) is 4.15. The third kappa shape index (κ3) is 1.88. The van der Waals surface area contributed by atoms with Gasteiger partial charge in [0.25, 0.3) is 5.92 Å². The number of hydrogen-bond acceptors (Lipinski definition) is 2. The molecule has 4 heteroatoms. The summed E-state index contributed by atoms with van der Waals surface area (Å²) in [5.74, 6) is -2.86. The lowest BCUT2D eigenvalue weighted by Gasteiger charge is -2.35. The number of fused-ring (bicyclic) bond motifs is 1. The van der Waals surface area contributed by atoms with Crippen LogP contribution in [0.25, 0.3) is 0 Å². The van der Waals surface area contributed by atoms with Crippen LogP contribution in [-0.2, 0) is 0 Å². The quantitative estimate of drug-likeness (QED) is 0.896. The molecule has 0 unspecified atom stereocenters. The summed E-state index contributed by atoms with van der Waals surface area (Å²) in [6.07, 6.45) is 0.875. The van der Waals surface area contributed by atoms with E-state index in [4.69, 9.17) is 5.73 Å². The average molecular weight is 252 g/mol. The molecule has 2 nitrogen and oxygen atoms in total. The number of nitrogens with two attached hydrogens (primary N) is 1. The number of hydrogen-bond donors (Lipinski definition) is 1. The molecule has 1 heterocycles. The summed E-state index contributed by atoms with van der Waals surface area (Å²) in [4.78, 5) is 2.21. The van der Waals surface area contributed by atoms with Crippen LogP contribution in [0.1, 0.15) is 24.3 Å². The van der Waals surface area contributed by atoms with Crippen molar-refractivity contribution in [2.45, 2.75) is 24.7 Å². The number of para-hydroxylation sites is 1. The monoisotopic (exact) mass is 252 g/mol. The first-order valence-electron chi connectivity index (χ1n) is 6.55. The van der Waals surface area contributed by atoms with E-state index in [1.807, 2.05) is 24.3 Å². The van der Waals surface area contributed by atoms with Crippen LogP contribution >= 0.6 is 0 Å². The fourth-order valence-corrected chi connectivity index (χ4v) is 3.14. The molecular weight excluding hydrogens is 234 g/mol. The Morgan fingerprint density at radius 3 is 2.72 bits per heavy atom. The van der Waals surface area contributed by atoms with Crippen molar-refractivity contribution < 1.29 is 8.78 Å². The Bertz CT molecular complexity index is 447. The second-order valence-corrected chi connectivity index (χ2v) is 5.30. The van der Waals surface area contributed by atoms with Gasteiger partial charge in [0.2, 0.25) is 0 Å². The van der Waals surface area contributed by atoms with Gasteiger partial charge < -0.3 is 10.6 Å². The standard InChI is InChI=1S/C14H18F2N2/c15-14(16)9-12(14)10-5-7-18(8-6-17)13-4-2-1-3-11(10)13/h1-4,10,12H,5-9,17H2/t10-,12+/m0/s1. The molecule has 1 aliphatic heterocycles. The van der Waals surface area contributed by atoms with E-state index in [9.17, 15) is 8.78 Å². The summed E-state index contributed by atoms with van der Waals surface area (Å²) in [5, 5.41) is 0. The van der Waals surface area contributed by atoms with E-state index < -0.39 is 11.8 Å². The number of nitrogens with zero attached hydrogens (tertiary/aromatic N) is 1. The van der Waals surface area contributed by atoms with E-state index in [-0.39, 0.29) is 12.3 Å². The predicted octanol–water partition coefficient (Wildman–Crippen LogP) is 2.59. The zero-order valence-corrected chi connectivity index (χ0v) is 10.3. The Kier molecular flexibility index (Phi) is 2.77. The minimum atomic E-state index is -2.44. The first-order chi connectivity index (χ1) is 8.63. The molecule has 1 saturated carbocycles. The molecule has 0 bridgehead atoms. The molecule has 3 rings (SSSR count). The van der Waals surface area contributed by atoms with Gasteiger partial charge in [0.05, 0.1) is 0 Å². The van der Waals surface area contributed by atoms with Crippen LogP contribution in [0.5, 0.6) is 0 Å². The molecule has 0 spiro atoms. The first kappa shape index (κ1) is 11.9. The topological polar surface area (TPSA) is 29.3 Å². The highest BCUT2D eigenvalue weighted by Crippen LogP contribution is 2.58. The van der Waals surface area contributed by atoms with E-state index >= 15 is 0 Å². The first-order valence-corrected chi connectivity index (χ1v) is 6.55. The van der Waals surface area contributed by atoms with Gasteiger partial charge in [-0.25, -0.2) is 8.78 Å². The number of benzene rings is 1. The van der Waals surface area contributed by atoms with Gasteiger partial charge in [-0.1, -0.05) is 18.2 Å². The lowest BCUT2D eigenvalue weighted by Crippen LogP contribution is -2.35. The summed E-state index contributed by atoms with van der Waals surface area (Å²) in [7, 11) is 0. The zero-order valence-electron chi connectivity index (χ0n) is 10.3. The predicted molar refractivity (Wildman–Crippen MR) is 68.1 cm³/mol. The third-order valence-corrected chi connectivity index (χ3v) is 4.15. The van der Waals surface area contributed by atoms with E-state index in [1.165, 1.54) is 0 Å². The summed E-state index contributed by atoms with van der Waals surface area (Å²) in [6.45, 7) is 2.23. The van der Waals surface area contributed by atoms with Crippen LogP contribution in [0.15, 0.2) is 24.3 Å². The van der Waals surface area contributed by atoms with Gasteiger partial charge in [-0.15, -0.1) is 0 Å². The van der Waals surface area contributed by atoms with Crippen molar-refractivity contribution in [3.8, 4) is 0 Å². The van der Waals surface area contributed by atoms with Gasteiger partial charge in [-0.05, 0) is 24.0 Å². The van der Waals surface area contributed by atoms with Crippen molar-refractivity contribution in [1.82, 2.24) is 0 Å². The van der Waals surface area contributed by atoms with Crippen molar-refractivity contribution in [2.24, 2.45) is 11.7 Å². The van der Waals surface area contributed by atoms with Gasteiger partial charge in [-0.3, -0.25) is 0 Å². The van der Waals surface area contributed by atoms with E-state index in [2.05, 4.69) is 4.90 Å². The maximum atomic E-state index is 13.3. The summed E-state index contributed by atoms with van der Waals surface area (Å²) < 4.78 is 26.6. The van der Waals surface area contributed by atoms with Gasteiger partial charge in [0.15, 0.2) is 0 Å². The molecule has 1 fully saturated rings. The number of rotatable bonds is 3. The molecule has 1 aliphatic carbocycles. The highest BCUT2D eigenvalue weighted by molar-refractivity contribution is 5.57. The van der Waals surface area contributed by atoms with E-state index in [0.29, 0.717) is 6.54 Å². The Morgan fingerprint density at radius 2 is 2.06 bits per heavy atom. The number of alkyl halides is 2. The minimum Gasteiger partial charge on any atom is -0.370 e. The Balaban J connectivity index is 1.90. The molecule has 18 heavy (non-hydrogen) atoms. The van der Waals surface area contributed by atoms with Gasteiger partial charge in [0.1, 0.15) is 0 Å². The molecule has 0 radical (unpaired) electrons. The molecule has 1 aromatic carbocycles. The smallest absolute Gasteiger partial charge is 0.252 e. The maximum absolute atomic E-state index is 13.3. The molecule has 0 saturated heterocycles. The Morgan fingerprint density at radius 1 is 1.33 bits per heavy atom. The molecule has 2 atom stereocenters. The van der Waals surface area contributed by atoms with Crippen LogP contribution in [0, 0.1) is 5.92 Å². The van der Waals surface area contributed by atoms with Crippen molar-refractivity contribution in [1.29, 1.82) is 0 Å². The van der Waals surface area contributed by atoms with Crippen LogP contribution < -0.4 is 10.6 Å². The summed E-state index contributed by atoms with van der Waals surface area (Å²) in [6, 6.07) is 7.93. The molecule has 0 amide bonds. The highest BCUT2D eigenvalue weighted by atomic mass is 19.3. The fraction of sp³-hybridized carbons (Fsp3) is 0.571. The van der Waals surface area contributed by atoms with Gasteiger partial charge in [-0.2, -0.15) is 0 Å². The fourth-order valence-electron chi connectivity index (χ4n) is 3.14. The molecule has 1 aromatic rings. The van der Waals surface area contributed by atoms with Crippen molar-refractivity contribution >= 4 is 5.69 Å². The largest absolute Gasteiger partial charge is 0.370 e. The second-order valence-electron chi connectivity index (χ2n) is 5.30. The lowest BCUT2D eigenvalue weighted by molar-refractivity contribution is 0.0917. The summed E-state index contributed by atoms with van der Waals surface area (Å²) in [5.41, 5.74) is 7.79. The van der Waals surface area contributed by atoms with Crippen LogP contribution in [0.3, 0.4) is 0 Å². The van der Waals surface area contributed by atoms with Gasteiger partial charge in [0, 0.05) is 37.7 Å². The van der Waals surface area contributed by atoms with Crippen LogP contribution in [0.4, 0.5) is 14.5 Å². The average Bonchev–Trinajstić information content (AvgIpc) is 2.99. The number of anilines is 1. The summed E-state index contributed by atoms with van der Waals surface area (Å²) >= 11 is 0. The lowest BCUT2D eigenvalue weighted by atomic mass is 9.86. The normalized spacial score (nSPS) is 28.9. The molecular formula is C14H18F2N2. The maximum Gasteiger partial charge on any atom is 0.252 e. The van der Waals surface area contributed by atoms with Crippen LogP contribution in [-0.4, -0.2) is 25.6 Å². The van der Waals surface area contributed by atoms with E-state index in [0.717, 1.165) is 30.8 Å². The minimum absolute atomic E-state index is 0.0187. The van der Waals surface area contributed by atoms with Crippen molar-refractivity contribution in [3.63, 3.8) is 0 Å². The van der Waals surface area contributed by atoms with E-state index in [1.54, 1.807) is 0 Å². The molecule has 98 valence electrons.